The third-order valence-electron chi connectivity index (χ3n) is 4.93. The van der Waals surface area contributed by atoms with Crippen molar-refractivity contribution >= 4 is 5.97 Å². The zero-order chi connectivity index (χ0) is 19.6. The van der Waals surface area contributed by atoms with E-state index in [1.54, 1.807) is 24.4 Å². The van der Waals surface area contributed by atoms with Crippen LogP contribution in [0.4, 0.5) is 0 Å². The van der Waals surface area contributed by atoms with Crippen LogP contribution in [0.3, 0.4) is 0 Å². The minimum absolute atomic E-state index is 0.124. The second-order valence-corrected chi connectivity index (χ2v) is 6.87. The van der Waals surface area contributed by atoms with Crippen LogP contribution >= 0.6 is 0 Å². The number of esters is 1. The number of pyridine rings is 2. The van der Waals surface area contributed by atoms with Crippen molar-refractivity contribution < 1.29 is 23.7 Å². The summed E-state index contributed by atoms with van der Waals surface area (Å²) in [4.78, 5) is 21.1. The quantitative estimate of drug-likeness (QED) is 0.753. The van der Waals surface area contributed by atoms with Crippen LogP contribution < -0.4 is 14.8 Å². The molecule has 2 aliphatic rings. The highest BCUT2D eigenvalue weighted by Gasteiger charge is 2.46. The van der Waals surface area contributed by atoms with Gasteiger partial charge < -0.3 is 24.3 Å². The van der Waals surface area contributed by atoms with Crippen LogP contribution in [0.2, 0.25) is 0 Å². The molecule has 1 spiro atoms. The molecule has 0 radical (unpaired) electrons. The van der Waals surface area contributed by atoms with Gasteiger partial charge in [-0.15, -0.1) is 0 Å². The number of nitrogens with zero attached hydrogens (tertiary/aromatic N) is 2. The molecule has 8 heteroatoms. The second kappa shape index (κ2) is 7.73. The predicted molar refractivity (Wildman–Crippen MR) is 101 cm³/mol. The lowest BCUT2D eigenvalue weighted by molar-refractivity contribution is -0.0368. The van der Waals surface area contributed by atoms with Gasteiger partial charge in [-0.3, -0.25) is 0 Å². The van der Waals surface area contributed by atoms with Crippen LogP contribution in [0.5, 0.6) is 11.6 Å². The Balaban J connectivity index is 1.62. The van der Waals surface area contributed by atoms with Gasteiger partial charge in [0, 0.05) is 25.7 Å². The maximum atomic E-state index is 12.3. The van der Waals surface area contributed by atoms with Crippen molar-refractivity contribution in [2.45, 2.75) is 25.0 Å². The predicted octanol–water partition coefficient (Wildman–Crippen LogP) is 1.84. The van der Waals surface area contributed by atoms with E-state index in [4.69, 9.17) is 18.9 Å². The van der Waals surface area contributed by atoms with Crippen LogP contribution in [-0.2, 0) is 9.47 Å². The van der Waals surface area contributed by atoms with Gasteiger partial charge in [-0.25, -0.2) is 14.8 Å². The molecule has 1 unspecified atom stereocenters. The monoisotopic (exact) mass is 385 g/mol. The van der Waals surface area contributed by atoms with Crippen LogP contribution in [0.25, 0.3) is 11.3 Å². The molecule has 2 fully saturated rings. The molecular formula is C20H23N3O5. The summed E-state index contributed by atoms with van der Waals surface area (Å²) in [5.74, 6) is 0.290. The molecule has 4 rings (SSSR count). The van der Waals surface area contributed by atoms with Crippen molar-refractivity contribution in [1.82, 2.24) is 15.3 Å². The van der Waals surface area contributed by atoms with E-state index in [0.29, 0.717) is 36.1 Å². The molecule has 2 aromatic rings. The van der Waals surface area contributed by atoms with Gasteiger partial charge in [0.1, 0.15) is 6.10 Å². The first-order chi connectivity index (χ1) is 13.6. The molecule has 2 saturated heterocycles. The van der Waals surface area contributed by atoms with Crippen LogP contribution in [0, 0.1) is 0 Å². The number of aromatic nitrogens is 2. The van der Waals surface area contributed by atoms with Crippen LogP contribution in [-0.4, -0.2) is 61.1 Å². The number of hydrogen-bond acceptors (Lipinski definition) is 8. The van der Waals surface area contributed by atoms with E-state index in [9.17, 15) is 4.79 Å². The Morgan fingerprint density at radius 1 is 1.36 bits per heavy atom. The van der Waals surface area contributed by atoms with E-state index in [1.807, 2.05) is 13.0 Å². The van der Waals surface area contributed by atoms with Crippen LogP contribution in [0.1, 0.15) is 23.8 Å². The molecule has 0 saturated carbocycles. The minimum Gasteiger partial charge on any atom is -0.485 e. The molecule has 2 aromatic heterocycles. The molecular weight excluding hydrogens is 362 g/mol. The highest BCUT2D eigenvalue weighted by Crippen LogP contribution is 2.34. The van der Waals surface area contributed by atoms with Crippen molar-refractivity contribution in [3.8, 4) is 22.9 Å². The smallest absolute Gasteiger partial charge is 0.360 e. The standard InChI is InChI=1S/C20H23N3O5/c1-3-26-18-14(5-4-8-22-18)15-6-7-16(17(23-15)19(24)25-2)28-13-9-20(27-10-13)11-21-12-20/h4-8,13,21H,3,9-12H2,1-2H3. The Morgan fingerprint density at radius 3 is 2.89 bits per heavy atom. The first kappa shape index (κ1) is 18.6. The molecule has 2 aliphatic heterocycles. The molecule has 1 N–H and O–H groups in total. The minimum atomic E-state index is -0.558. The topological polar surface area (TPSA) is 91.8 Å². The van der Waals surface area contributed by atoms with Gasteiger partial charge in [0.25, 0.3) is 0 Å². The normalized spacial score (nSPS) is 19.9. The highest BCUT2D eigenvalue weighted by molar-refractivity contribution is 5.91. The zero-order valence-electron chi connectivity index (χ0n) is 15.9. The lowest BCUT2D eigenvalue weighted by atomic mass is 9.93. The Hall–Kier alpha value is -2.71. The molecule has 148 valence electrons. The molecule has 0 aliphatic carbocycles. The number of nitrogens with one attached hydrogen (secondary N) is 1. The van der Waals surface area contributed by atoms with Crippen molar-refractivity contribution in [3.05, 3.63) is 36.2 Å². The summed E-state index contributed by atoms with van der Waals surface area (Å²) in [7, 11) is 1.32. The maximum Gasteiger partial charge on any atom is 0.360 e. The van der Waals surface area contributed by atoms with Crippen molar-refractivity contribution in [2.24, 2.45) is 0 Å². The van der Waals surface area contributed by atoms with Crippen molar-refractivity contribution in [2.75, 3.05) is 33.4 Å². The summed E-state index contributed by atoms with van der Waals surface area (Å²) in [5.41, 5.74) is 1.25. The van der Waals surface area contributed by atoms with E-state index in [2.05, 4.69) is 15.3 Å². The fourth-order valence-electron chi connectivity index (χ4n) is 3.48. The van der Waals surface area contributed by atoms with E-state index >= 15 is 0 Å². The van der Waals surface area contributed by atoms with Crippen molar-refractivity contribution in [3.63, 3.8) is 0 Å². The first-order valence-electron chi connectivity index (χ1n) is 9.33. The number of carbonyl (C=O) groups is 1. The van der Waals surface area contributed by atoms with Gasteiger partial charge >= 0.3 is 5.97 Å². The summed E-state index contributed by atoms with van der Waals surface area (Å²) in [6, 6.07) is 7.17. The average Bonchev–Trinajstić information content (AvgIpc) is 3.13. The summed E-state index contributed by atoms with van der Waals surface area (Å²) in [6.45, 7) is 4.51. The Bertz CT molecular complexity index is 869. The van der Waals surface area contributed by atoms with E-state index < -0.39 is 5.97 Å². The first-order valence-corrected chi connectivity index (χ1v) is 9.33. The second-order valence-electron chi connectivity index (χ2n) is 6.87. The maximum absolute atomic E-state index is 12.3. The van der Waals surface area contributed by atoms with E-state index in [-0.39, 0.29) is 17.4 Å². The number of methoxy groups -OCH3 is 1. The zero-order valence-corrected chi connectivity index (χ0v) is 15.9. The summed E-state index contributed by atoms with van der Waals surface area (Å²) in [5, 5.41) is 3.22. The summed E-state index contributed by atoms with van der Waals surface area (Å²) >= 11 is 0. The fraction of sp³-hybridized carbons (Fsp3) is 0.450. The summed E-state index contributed by atoms with van der Waals surface area (Å²) < 4.78 is 22.4. The highest BCUT2D eigenvalue weighted by atomic mass is 16.6. The van der Waals surface area contributed by atoms with Gasteiger partial charge in [0.05, 0.1) is 37.2 Å². The molecule has 1 atom stereocenters. The number of rotatable bonds is 6. The molecule has 8 nitrogen and oxygen atoms in total. The molecule has 0 amide bonds. The Morgan fingerprint density at radius 2 is 2.21 bits per heavy atom. The number of ether oxygens (including phenoxy) is 4. The van der Waals surface area contributed by atoms with Gasteiger partial charge in [-0.05, 0) is 31.2 Å². The third kappa shape index (κ3) is 3.53. The number of hydrogen-bond donors (Lipinski definition) is 1. The molecule has 0 aromatic carbocycles. The molecule has 28 heavy (non-hydrogen) atoms. The van der Waals surface area contributed by atoms with E-state index in [1.165, 1.54) is 7.11 Å². The number of carbonyl (C=O) groups excluding carboxylic acids is 1. The van der Waals surface area contributed by atoms with E-state index in [0.717, 1.165) is 19.5 Å². The van der Waals surface area contributed by atoms with Gasteiger partial charge in [0.2, 0.25) is 5.88 Å². The Labute approximate surface area is 163 Å². The fourth-order valence-corrected chi connectivity index (χ4v) is 3.48. The van der Waals surface area contributed by atoms with Gasteiger partial charge in [-0.2, -0.15) is 0 Å². The third-order valence-corrected chi connectivity index (χ3v) is 4.93. The molecule has 4 heterocycles. The lowest BCUT2D eigenvalue weighted by Gasteiger charge is -2.37. The largest absolute Gasteiger partial charge is 0.485 e. The lowest BCUT2D eigenvalue weighted by Crippen LogP contribution is -2.59. The SMILES string of the molecule is CCOc1ncccc1-c1ccc(OC2COC3(CNC3)C2)c(C(=O)OC)n1. The molecule has 0 bridgehead atoms. The Kier molecular flexibility index (Phi) is 5.15. The van der Waals surface area contributed by atoms with Crippen molar-refractivity contribution in [1.29, 1.82) is 0 Å². The average molecular weight is 385 g/mol. The van der Waals surface area contributed by atoms with Gasteiger partial charge in [-0.1, -0.05) is 0 Å². The van der Waals surface area contributed by atoms with Gasteiger partial charge in [0.15, 0.2) is 11.4 Å². The summed E-state index contributed by atoms with van der Waals surface area (Å²) in [6.07, 6.45) is 2.30. The van der Waals surface area contributed by atoms with Crippen LogP contribution in [0.15, 0.2) is 30.5 Å².